The number of rotatable bonds is 7. The van der Waals surface area contributed by atoms with Gasteiger partial charge in [-0.05, 0) is 62.1 Å². The van der Waals surface area contributed by atoms with Crippen molar-refractivity contribution in [2.45, 2.75) is 36.7 Å². The summed E-state index contributed by atoms with van der Waals surface area (Å²) in [5, 5.41) is 2.92. The number of amides is 2. The molecule has 1 atom stereocenters. The standard InChI is InChI=1S/C24H29N3O5S/c28-23(26-20-5-2-1-3-6-20)18-12-14-27(15-13-18)24(29)19-8-10-22(11-9-19)33(30,31)25-17-21-7-4-16-32-21/h1-3,5-6,8-11,18,21,25H,4,7,12-17H2,(H,26,28)/t21-/m1/s1. The van der Waals surface area contributed by atoms with E-state index in [1.165, 1.54) is 24.3 Å². The van der Waals surface area contributed by atoms with Crippen molar-refractivity contribution in [1.82, 2.24) is 9.62 Å². The average molecular weight is 472 g/mol. The summed E-state index contributed by atoms with van der Waals surface area (Å²) in [4.78, 5) is 27.2. The summed E-state index contributed by atoms with van der Waals surface area (Å²) < 4.78 is 33.0. The molecule has 0 bridgehead atoms. The van der Waals surface area contributed by atoms with Crippen molar-refractivity contribution in [3.63, 3.8) is 0 Å². The summed E-state index contributed by atoms with van der Waals surface area (Å²) >= 11 is 0. The number of nitrogens with zero attached hydrogens (tertiary/aromatic N) is 1. The van der Waals surface area contributed by atoms with Gasteiger partial charge in [-0.2, -0.15) is 0 Å². The number of carbonyl (C=O) groups is 2. The molecule has 2 N–H and O–H groups in total. The summed E-state index contributed by atoms with van der Waals surface area (Å²) in [6.07, 6.45) is 2.88. The number of nitrogens with one attached hydrogen (secondary N) is 2. The number of ether oxygens (including phenoxy) is 1. The van der Waals surface area contributed by atoms with E-state index in [0.717, 1.165) is 18.5 Å². The Morgan fingerprint density at radius 2 is 1.67 bits per heavy atom. The zero-order chi connectivity index (χ0) is 23.3. The van der Waals surface area contributed by atoms with Gasteiger partial charge in [0.25, 0.3) is 5.91 Å². The van der Waals surface area contributed by atoms with Crippen molar-refractivity contribution >= 4 is 27.5 Å². The van der Waals surface area contributed by atoms with Gasteiger partial charge in [0.15, 0.2) is 0 Å². The van der Waals surface area contributed by atoms with E-state index >= 15 is 0 Å². The van der Waals surface area contributed by atoms with E-state index < -0.39 is 10.0 Å². The maximum atomic E-state index is 12.9. The van der Waals surface area contributed by atoms with Crippen molar-refractivity contribution < 1.29 is 22.7 Å². The highest BCUT2D eigenvalue weighted by Crippen LogP contribution is 2.22. The molecule has 2 saturated heterocycles. The van der Waals surface area contributed by atoms with Crippen LogP contribution in [0, 0.1) is 5.92 Å². The highest BCUT2D eigenvalue weighted by Gasteiger charge is 2.28. The SMILES string of the molecule is O=C(Nc1ccccc1)C1CCN(C(=O)c2ccc(S(=O)(=O)NC[C@H]3CCCO3)cc2)CC1. The first-order chi connectivity index (χ1) is 15.9. The van der Waals surface area contributed by atoms with Gasteiger partial charge in [0, 0.05) is 43.4 Å². The molecule has 8 nitrogen and oxygen atoms in total. The van der Waals surface area contributed by atoms with Crippen LogP contribution >= 0.6 is 0 Å². The fraction of sp³-hybridized carbons (Fsp3) is 0.417. The molecule has 9 heteroatoms. The Kier molecular flexibility index (Phi) is 7.42. The van der Waals surface area contributed by atoms with Crippen LogP contribution in [0.25, 0.3) is 0 Å². The Morgan fingerprint density at radius 1 is 0.970 bits per heavy atom. The van der Waals surface area contributed by atoms with Crippen LogP contribution < -0.4 is 10.0 Å². The zero-order valence-corrected chi connectivity index (χ0v) is 19.2. The van der Waals surface area contributed by atoms with Gasteiger partial charge in [-0.3, -0.25) is 9.59 Å². The molecule has 2 aliphatic rings. The lowest BCUT2D eigenvalue weighted by Gasteiger charge is -2.31. The number of piperidine rings is 1. The van der Waals surface area contributed by atoms with E-state index in [1.807, 2.05) is 30.3 Å². The van der Waals surface area contributed by atoms with Crippen LogP contribution in [0.3, 0.4) is 0 Å². The molecule has 0 aromatic heterocycles. The maximum Gasteiger partial charge on any atom is 0.253 e. The molecule has 0 saturated carbocycles. The van der Waals surface area contributed by atoms with Crippen LogP contribution in [0.5, 0.6) is 0 Å². The highest BCUT2D eigenvalue weighted by molar-refractivity contribution is 7.89. The van der Waals surface area contributed by atoms with E-state index in [9.17, 15) is 18.0 Å². The predicted octanol–water partition coefficient (Wildman–Crippen LogP) is 2.63. The Morgan fingerprint density at radius 3 is 2.30 bits per heavy atom. The smallest absolute Gasteiger partial charge is 0.253 e. The molecule has 4 rings (SSSR count). The molecule has 2 fully saturated rings. The first kappa shape index (κ1) is 23.4. The van der Waals surface area contributed by atoms with E-state index in [1.54, 1.807) is 4.90 Å². The molecule has 2 aliphatic heterocycles. The first-order valence-corrected chi connectivity index (χ1v) is 12.8. The third kappa shape index (κ3) is 5.98. The second kappa shape index (κ2) is 10.5. The topological polar surface area (TPSA) is 105 Å². The molecule has 33 heavy (non-hydrogen) atoms. The molecule has 176 valence electrons. The first-order valence-electron chi connectivity index (χ1n) is 11.3. The van der Waals surface area contributed by atoms with E-state index in [4.69, 9.17) is 4.74 Å². The van der Waals surface area contributed by atoms with Crippen molar-refractivity contribution in [3.05, 3.63) is 60.2 Å². The van der Waals surface area contributed by atoms with Gasteiger partial charge in [0.05, 0.1) is 11.0 Å². The minimum Gasteiger partial charge on any atom is -0.377 e. The predicted molar refractivity (Wildman–Crippen MR) is 124 cm³/mol. The maximum absolute atomic E-state index is 12.9. The third-order valence-electron chi connectivity index (χ3n) is 6.13. The van der Waals surface area contributed by atoms with Gasteiger partial charge in [-0.15, -0.1) is 0 Å². The van der Waals surface area contributed by atoms with Crippen molar-refractivity contribution in [2.24, 2.45) is 5.92 Å². The van der Waals surface area contributed by atoms with Crippen LogP contribution in [0.4, 0.5) is 5.69 Å². The van der Waals surface area contributed by atoms with Crippen LogP contribution in [-0.4, -0.2) is 57.5 Å². The Balaban J connectivity index is 1.29. The molecule has 0 spiro atoms. The molecular formula is C24H29N3O5S. The largest absolute Gasteiger partial charge is 0.377 e. The normalized spacial score (nSPS) is 19.4. The van der Waals surface area contributed by atoms with Crippen molar-refractivity contribution in [1.29, 1.82) is 0 Å². The monoisotopic (exact) mass is 471 g/mol. The lowest BCUT2D eigenvalue weighted by Crippen LogP contribution is -2.41. The molecule has 2 aromatic carbocycles. The third-order valence-corrected chi connectivity index (χ3v) is 7.57. The summed E-state index contributed by atoms with van der Waals surface area (Å²) in [5.41, 5.74) is 1.20. The number of sulfonamides is 1. The fourth-order valence-electron chi connectivity index (χ4n) is 4.16. The van der Waals surface area contributed by atoms with E-state index in [0.29, 0.717) is 38.1 Å². The van der Waals surface area contributed by atoms with Crippen LogP contribution in [0.15, 0.2) is 59.5 Å². The Bertz CT molecular complexity index is 1060. The Hall–Kier alpha value is -2.75. The molecule has 2 amide bonds. The molecule has 2 aromatic rings. The summed E-state index contributed by atoms with van der Waals surface area (Å²) in [5.74, 6) is -0.330. The number of anilines is 1. The highest BCUT2D eigenvalue weighted by atomic mass is 32.2. The molecule has 0 aliphatic carbocycles. The number of carbonyl (C=O) groups excluding carboxylic acids is 2. The summed E-state index contributed by atoms with van der Waals surface area (Å²) in [7, 11) is -3.66. The van der Waals surface area contributed by atoms with E-state index in [2.05, 4.69) is 10.0 Å². The zero-order valence-electron chi connectivity index (χ0n) is 18.4. The lowest BCUT2D eigenvalue weighted by molar-refractivity contribution is -0.121. The summed E-state index contributed by atoms with van der Waals surface area (Å²) in [6.45, 7) is 1.87. The molecule has 0 radical (unpaired) electrons. The minimum atomic E-state index is -3.66. The number of likely N-dealkylation sites (tertiary alicyclic amines) is 1. The molecular weight excluding hydrogens is 442 g/mol. The quantitative estimate of drug-likeness (QED) is 0.646. The second-order valence-electron chi connectivity index (χ2n) is 8.43. The second-order valence-corrected chi connectivity index (χ2v) is 10.2. The van der Waals surface area contributed by atoms with Gasteiger partial charge in [0.1, 0.15) is 0 Å². The van der Waals surface area contributed by atoms with Crippen LogP contribution in [0.1, 0.15) is 36.0 Å². The number of benzene rings is 2. The number of hydrogen-bond acceptors (Lipinski definition) is 5. The lowest BCUT2D eigenvalue weighted by atomic mass is 9.95. The number of para-hydroxylation sites is 1. The van der Waals surface area contributed by atoms with Gasteiger partial charge >= 0.3 is 0 Å². The van der Waals surface area contributed by atoms with Gasteiger partial charge < -0.3 is 15.0 Å². The van der Waals surface area contributed by atoms with Crippen LogP contribution in [-0.2, 0) is 19.6 Å². The van der Waals surface area contributed by atoms with Crippen molar-refractivity contribution in [2.75, 3.05) is 31.6 Å². The van der Waals surface area contributed by atoms with Gasteiger partial charge in [-0.1, -0.05) is 18.2 Å². The Labute approximate surface area is 194 Å². The van der Waals surface area contributed by atoms with Crippen molar-refractivity contribution in [3.8, 4) is 0 Å². The minimum absolute atomic E-state index is 0.0293. The van der Waals surface area contributed by atoms with Gasteiger partial charge in [-0.25, -0.2) is 13.1 Å². The molecule has 2 heterocycles. The van der Waals surface area contributed by atoms with E-state index in [-0.39, 0.29) is 35.3 Å². The van der Waals surface area contributed by atoms with Crippen LogP contribution in [0.2, 0.25) is 0 Å². The summed E-state index contributed by atoms with van der Waals surface area (Å²) in [6, 6.07) is 15.3. The number of hydrogen-bond donors (Lipinski definition) is 2. The van der Waals surface area contributed by atoms with Gasteiger partial charge in [0.2, 0.25) is 15.9 Å². The molecule has 0 unspecified atom stereocenters. The average Bonchev–Trinajstić information content (AvgIpc) is 3.37. The fourth-order valence-corrected chi connectivity index (χ4v) is 5.23.